The molecule has 4 saturated carbocycles. The Kier molecular flexibility index (Phi) is 20.4. The van der Waals surface area contributed by atoms with E-state index in [0.717, 1.165) is 51.4 Å². The lowest BCUT2D eigenvalue weighted by Gasteiger charge is -2.63. The van der Waals surface area contributed by atoms with Gasteiger partial charge >= 0.3 is 42.3 Å². The maximum atomic E-state index is 13.7. The number of carbonyl (C=O) groups excluding carboxylic acids is 4. The van der Waals surface area contributed by atoms with Crippen LogP contribution in [0.1, 0.15) is 163 Å². The molecule has 0 aromatic carbocycles. The summed E-state index contributed by atoms with van der Waals surface area (Å²) in [7, 11) is -22.7. The number of ether oxygens (including phenoxy) is 2. The average Bonchev–Trinajstić information content (AvgIpc) is 3.61. The highest BCUT2D eigenvalue weighted by atomic mass is 31.2. The van der Waals surface area contributed by atoms with Crippen LogP contribution in [-0.2, 0) is 46.9 Å². The van der Waals surface area contributed by atoms with Crippen molar-refractivity contribution in [2.24, 2.45) is 40.4 Å². The quantitative estimate of drug-likeness (QED) is 0.0328. The second kappa shape index (κ2) is 23.5. The number of fused-ring (bicyclic) bond motifs is 5. The second-order valence-electron chi connectivity index (χ2n) is 21.1. The van der Waals surface area contributed by atoms with Crippen molar-refractivity contribution in [1.29, 1.82) is 0 Å². The summed E-state index contributed by atoms with van der Waals surface area (Å²) in [6, 6.07) is 0. The molecule has 406 valence electrons. The van der Waals surface area contributed by atoms with Crippen LogP contribution in [0.3, 0.4) is 0 Å². The van der Waals surface area contributed by atoms with Crippen LogP contribution in [0.25, 0.3) is 0 Å². The molecule has 4 aliphatic rings. The van der Waals surface area contributed by atoms with Gasteiger partial charge in [-0.2, -0.15) is 0 Å². The van der Waals surface area contributed by atoms with Gasteiger partial charge in [-0.1, -0.05) is 46.5 Å². The van der Waals surface area contributed by atoms with Crippen LogP contribution in [0.15, 0.2) is 0 Å². The van der Waals surface area contributed by atoms with Crippen molar-refractivity contribution >= 4 is 54.1 Å². The summed E-state index contributed by atoms with van der Waals surface area (Å²) in [6.45, 7) is 7.97. The van der Waals surface area contributed by atoms with Crippen molar-refractivity contribution in [2.75, 3.05) is 13.1 Å². The third-order valence-corrected chi connectivity index (χ3v) is 24.2. The van der Waals surface area contributed by atoms with Crippen molar-refractivity contribution in [3.8, 4) is 0 Å². The lowest BCUT2D eigenvalue weighted by Crippen LogP contribution is -2.60. The van der Waals surface area contributed by atoms with E-state index < -0.39 is 108 Å². The minimum atomic E-state index is -5.68. The standard InChI is InChI=1S/C43H78N2O21P4/c1-5-6-7-8-19-41(4,50)34-12-11-30-29-27-33(66-38(49)16-14-36(47)45-25-10-21-43(52,69(59,60)61)70(62,63)64)32-26-28(17-22-39(32,2)31(29)18-23-40(30,34)3)65-37(48)15-13-35(46)44-24-9-20-42(51,67(53,54)55)68(56,57)58/h28-34,50-52H,5-27H2,1-4H3,(H,44,46)(H,45,47)(H2,53,54,55)(H2,56,57,58)(H2,59,60,61)(H2,62,63,64)/t28-,29-,30-,31-,32+,33-,34-,39+,40-,41?/m0/s1. The number of carbonyl (C=O) groups is 4. The molecular formula is C43H78N2O21P4. The monoisotopic (exact) mass is 1080 g/mol. The number of unbranched alkanes of at least 4 members (excludes halogenated alkanes) is 3. The Balaban J connectivity index is 1.43. The molecular weight excluding hydrogens is 1000 g/mol. The van der Waals surface area contributed by atoms with Gasteiger partial charge in [0.05, 0.1) is 18.4 Å². The molecule has 0 saturated heterocycles. The minimum absolute atomic E-state index is 0.0814. The molecule has 2 amide bonds. The van der Waals surface area contributed by atoms with E-state index in [0.29, 0.717) is 32.1 Å². The lowest BCUT2D eigenvalue weighted by atomic mass is 9.43. The summed E-state index contributed by atoms with van der Waals surface area (Å²) in [5.41, 5.74) is -1.37. The Labute approximate surface area is 409 Å². The third kappa shape index (κ3) is 14.0. The maximum absolute atomic E-state index is 13.7. The summed E-state index contributed by atoms with van der Waals surface area (Å²) in [5, 5.41) is 29.7. The summed E-state index contributed by atoms with van der Waals surface area (Å²) in [4.78, 5) is 127. The molecule has 13 N–H and O–H groups in total. The van der Waals surface area contributed by atoms with E-state index in [4.69, 9.17) is 9.47 Å². The van der Waals surface area contributed by atoms with Crippen molar-refractivity contribution < 1.29 is 101 Å². The topological polar surface area (TPSA) is 402 Å². The van der Waals surface area contributed by atoms with Gasteiger partial charge in [0.1, 0.15) is 12.2 Å². The number of hydrogen-bond donors (Lipinski definition) is 13. The van der Waals surface area contributed by atoms with Crippen LogP contribution >= 0.6 is 30.4 Å². The number of esters is 2. The summed E-state index contributed by atoms with van der Waals surface area (Å²) in [6.07, 6.45) is 4.95. The maximum Gasteiger partial charge on any atom is 0.369 e. The van der Waals surface area contributed by atoms with Crippen LogP contribution < -0.4 is 10.6 Å². The molecule has 0 spiro atoms. The molecule has 4 rings (SSSR count). The van der Waals surface area contributed by atoms with Crippen LogP contribution in [0, 0.1) is 40.4 Å². The van der Waals surface area contributed by atoms with Crippen molar-refractivity contribution in [2.45, 2.75) is 191 Å². The smallest absolute Gasteiger partial charge is 0.369 e. The lowest BCUT2D eigenvalue weighted by molar-refractivity contribution is -0.201. The van der Waals surface area contributed by atoms with E-state index in [-0.39, 0.29) is 79.2 Å². The first-order valence-electron chi connectivity index (χ1n) is 24.4. The first-order valence-corrected chi connectivity index (χ1v) is 30.8. The van der Waals surface area contributed by atoms with E-state index >= 15 is 0 Å². The fourth-order valence-corrected chi connectivity index (χ4v) is 17.2. The first-order chi connectivity index (χ1) is 32.1. The zero-order chi connectivity index (χ0) is 52.9. The van der Waals surface area contributed by atoms with Gasteiger partial charge in [-0.25, -0.2) is 0 Å². The van der Waals surface area contributed by atoms with E-state index in [1.807, 2.05) is 6.92 Å². The SMILES string of the molecule is CCCCCCC(C)(O)[C@H]1CC[C@H]2[C@@H]3C[C@H](OC(=O)CCC(=O)NCCCC(O)(P(=O)(O)O)P(=O)(O)O)[C@H]4C[C@@H](OC(=O)CCC(=O)NCCCC(O)(P(=O)(O)O)P(=O)(O)O)CC[C@]4(C)[C@H]3CC[C@]12C. The number of amides is 2. The second-order valence-corrected chi connectivity index (χ2v) is 29.1. The summed E-state index contributed by atoms with van der Waals surface area (Å²) < 4.78 is 58.7. The van der Waals surface area contributed by atoms with Gasteiger partial charge in [-0.3, -0.25) is 37.4 Å². The Hall–Kier alpha value is -1.64. The van der Waals surface area contributed by atoms with Crippen molar-refractivity contribution in [3.05, 3.63) is 0 Å². The molecule has 27 heteroatoms. The zero-order valence-corrected chi connectivity index (χ0v) is 44.2. The Morgan fingerprint density at radius 1 is 0.571 bits per heavy atom. The molecule has 0 aliphatic heterocycles. The summed E-state index contributed by atoms with van der Waals surface area (Å²) >= 11 is 0. The molecule has 0 aromatic rings. The molecule has 4 aliphatic carbocycles. The molecule has 4 fully saturated rings. The van der Waals surface area contributed by atoms with Gasteiger partial charge in [0.25, 0.3) is 10.2 Å². The highest BCUT2D eigenvalue weighted by Crippen LogP contribution is 2.71. The molecule has 0 radical (unpaired) electrons. The van der Waals surface area contributed by atoms with E-state index in [1.165, 1.54) is 0 Å². The van der Waals surface area contributed by atoms with Gasteiger partial charge < -0.3 is 74.6 Å². The van der Waals surface area contributed by atoms with Crippen LogP contribution in [0.4, 0.5) is 0 Å². The molecule has 1 unspecified atom stereocenters. The molecule has 0 aromatic heterocycles. The number of hydrogen-bond acceptors (Lipinski definition) is 13. The fourth-order valence-electron chi connectivity index (χ4n) is 12.7. The minimum Gasteiger partial charge on any atom is -0.462 e. The predicted octanol–water partition coefficient (Wildman–Crippen LogP) is 4.16. The van der Waals surface area contributed by atoms with E-state index in [2.05, 4.69) is 31.4 Å². The summed E-state index contributed by atoms with van der Waals surface area (Å²) in [5.74, 6) is -2.25. The van der Waals surface area contributed by atoms with Crippen LogP contribution in [0.5, 0.6) is 0 Å². The highest BCUT2D eigenvalue weighted by Gasteiger charge is 2.65. The van der Waals surface area contributed by atoms with Crippen molar-refractivity contribution in [1.82, 2.24) is 10.6 Å². The van der Waals surface area contributed by atoms with Gasteiger partial charge in [-0.15, -0.1) is 0 Å². The van der Waals surface area contributed by atoms with Crippen molar-refractivity contribution in [3.63, 3.8) is 0 Å². The molecule has 10 atom stereocenters. The van der Waals surface area contributed by atoms with Gasteiger partial charge in [-0.05, 0) is 112 Å². The Morgan fingerprint density at radius 3 is 1.53 bits per heavy atom. The highest BCUT2D eigenvalue weighted by molar-refractivity contribution is 7.72. The number of nitrogens with one attached hydrogen (secondary N) is 2. The van der Waals surface area contributed by atoms with Crippen LogP contribution in [0.2, 0.25) is 0 Å². The van der Waals surface area contributed by atoms with Gasteiger partial charge in [0.15, 0.2) is 0 Å². The number of aliphatic hydroxyl groups is 3. The normalized spacial score (nSPS) is 29.4. The molecule has 0 heterocycles. The molecule has 70 heavy (non-hydrogen) atoms. The fraction of sp³-hybridized carbons (Fsp3) is 0.907. The third-order valence-electron chi connectivity index (χ3n) is 16.5. The van der Waals surface area contributed by atoms with Gasteiger partial charge in [0.2, 0.25) is 11.8 Å². The predicted molar refractivity (Wildman–Crippen MR) is 251 cm³/mol. The van der Waals surface area contributed by atoms with Gasteiger partial charge in [0, 0.05) is 44.7 Å². The Bertz CT molecular complexity index is 2010. The molecule has 0 bridgehead atoms. The first kappa shape index (κ1) is 60.9. The largest absolute Gasteiger partial charge is 0.462 e. The zero-order valence-electron chi connectivity index (χ0n) is 40.6. The average molecular weight is 1080 g/mol. The van der Waals surface area contributed by atoms with E-state index in [1.54, 1.807) is 0 Å². The Morgan fingerprint density at radius 2 is 1.04 bits per heavy atom. The molecule has 23 nitrogen and oxygen atoms in total. The van der Waals surface area contributed by atoms with Crippen LogP contribution in [-0.4, -0.2) is 119 Å². The number of rotatable bonds is 26. The van der Waals surface area contributed by atoms with E-state index in [9.17, 15) is 91.9 Å².